The standard InChI is InChI=1S/C25H26N4O4/c1-16-26-19(15-33-16)13-28-11-9-17(10-12-28)5-6-18-3-2-4-20-21(18)14-29(25(20)32)22-7-8-23(30)27-24(22)31/h2-4,15,17,22H,7-14H2,1H3,(H,27,30,31). The number of benzene rings is 1. The van der Waals surface area contributed by atoms with Crippen molar-refractivity contribution in [3.8, 4) is 11.8 Å². The van der Waals surface area contributed by atoms with Crippen LogP contribution in [-0.2, 0) is 22.7 Å². The molecule has 4 heterocycles. The highest BCUT2D eigenvalue weighted by Gasteiger charge is 2.39. The van der Waals surface area contributed by atoms with Crippen molar-refractivity contribution < 1.29 is 18.8 Å². The molecule has 1 N–H and O–H groups in total. The second kappa shape index (κ2) is 8.83. The predicted molar refractivity (Wildman–Crippen MR) is 119 cm³/mol. The highest BCUT2D eigenvalue weighted by Crippen LogP contribution is 2.29. The molecule has 33 heavy (non-hydrogen) atoms. The summed E-state index contributed by atoms with van der Waals surface area (Å²) >= 11 is 0. The topological polar surface area (TPSA) is 95.8 Å². The van der Waals surface area contributed by atoms with Crippen molar-refractivity contribution in [2.24, 2.45) is 5.92 Å². The highest BCUT2D eigenvalue weighted by atomic mass is 16.3. The number of nitrogens with one attached hydrogen (secondary N) is 1. The van der Waals surface area contributed by atoms with Gasteiger partial charge >= 0.3 is 0 Å². The van der Waals surface area contributed by atoms with E-state index in [1.54, 1.807) is 17.2 Å². The van der Waals surface area contributed by atoms with Gasteiger partial charge in [-0.2, -0.15) is 0 Å². The van der Waals surface area contributed by atoms with Crippen LogP contribution in [0.15, 0.2) is 28.9 Å². The Balaban J connectivity index is 1.24. The normalized spacial score (nSPS) is 21.5. The van der Waals surface area contributed by atoms with Gasteiger partial charge in [0.2, 0.25) is 11.8 Å². The van der Waals surface area contributed by atoms with Gasteiger partial charge in [-0.1, -0.05) is 17.9 Å². The first-order chi connectivity index (χ1) is 16.0. The number of carbonyl (C=O) groups excluding carboxylic acids is 3. The number of rotatable bonds is 3. The smallest absolute Gasteiger partial charge is 0.255 e. The van der Waals surface area contributed by atoms with Gasteiger partial charge < -0.3 is 9.32 Å². The number of amides is 3. The molecule has 0 radical (unpaired) electrons. The number of aryl methyl sites for hydroxylation is 1. The van der Waals surface area contributed by atoms with Crippen molar-refractivity contribution in [1.82, 2.24) is 20.1 Å². The maximum absolute atomic E-state index is 13.0. The summed E-state index contributed by atoms with van der Waals surface area (Å²) in [4.78, 5) is 45.0. The maximum atomic E-state index is 13.0. The molecule has 1 aromatic heterocycles. The first-order valence-electron chi connectivity index (χ1n) is 11.4. The lowest BCUT2D eigenvalue weighted by molar-refractivity contribution is -0.136. The van der Waals surface area contributed by atoms with Crippen LogP contribution in [0.1, 0.15) is 58.8 Å². The number of likely N-dealkylation sites (tertiary alicyclic amines) is 1. The van der Waals surface area contributed by atoms with Crippen LogP contribution in [0.2, 0.25) is 0 Å². The van der Waals surface area contributed by atoms with Crippen LogP contribution in [-0.4, -0.2) is 51.6 Å². The van der Waals surface area contributed by atoms with E-state index < -0.39 is 11.9 Å². The number of fused-ring (bicyclic) bond motifs is 1. The van der Waals surface area contributed by atoms with Gasteiger partial charge in [-0.3, -0.25) is 24.6 Å². The molecular formula is C25H26N4O4. The Hall–Kier alpha value is -3.44. The van der Waals surface area contributed by atoms with Crippen LogP contribution in [0.5, 0.6) is 0 Å². The van der Waals surface area contributed by atoms with Crippen molar-refractivity contribution in [2.75, 3.05) is 13.1 Å². The third-order valence-corrected chi connectivity index (χ3v) is 6.63. The Labute approximate surface area is 192 Å². The fourth-order valence-corrected chi connectivity index (χ4v) is 4.83. The molecule has 5 rings (SSSR count). The average molecular weight is 447 g/mol. The van der Waals surface area contributed by atoms with E-state index in [0.717, 1.165) is 49.3 Å². The minimum Gasteiger partial charge on any atom is -0.449 e. The lowest BCUT2D eigenvalue weighted by atomic mass is 9.96. The van der Waals surface area contributed by atoms with Crippen molar-refractivity contribution >= 4 is 17.7 Å². The number of nitrogens with zero attached hydrogens (tertiary/aromatic N) is 3. The summed E-state index contributed by atoms with van der Waals surface area (Å²) in [6, 6.07) is 4.96. The Kier molecular flexibility index (Phi) is 5.73. The van der Waals surface area contributed by atoms with E-state index in [1.807, 2.05) is 19.1 Å². The minimum absolute atomic E-state index is 0.167. The van der Waals surface area contributed by atoms with E-state index >= 15 is 0 Å². The maximum Gasteiger partial charge on any atom is 0.255 e. The zero-order chi connectivity index (χ0) is 22.9. The molecule has 8 nitrogen and oxygen atoms in total. The Bertz CT molecular complexity index is 1170. The van der Waals surface area contributed by atoms with E-state index in [4.69, 9.17) is 4.42 Å². The van der Waals surface area contributed by atoms with Crippen LogP contribution < -0.4 is 5.32 Å². The summed E-state index contributed by atoms with van der Waals surface area (Å²) in [7, 11) is 0. The summed E-state index contributed by atoms with van der Waals surface area (Å²) in [6.07, 6.45) is 4.30. The molecule has 0 bridgehead atoms. The molecule has 2 aromatic rings. The van der Waals surface area contributed by atoms with Crippen molar-refractivity contribution in [2.45, 2.75) is 51.7 Å². The molecule has 2 fully saturated rings. The third kappa shape index (κ3) is 4.41. The molecule has 0 aliphatic carbocycles. The molecule has 1 unspecified atom stereocenters. The van der Waals surface area contributed by atoms with Crippen LogP contribution in [0.25, 0.3) is 0 Å². The molecule has 3 amide bonds. The lowest BCUT2D eigenvalue weighted by Gasteiger charge is -2.29. The van der Waals surface area contributed by atoms with Gasteiger partial charge in [-0.05, 0) is 50.0 Å². The summed E-state index contributed by atoms with van der Waals surface area (Å²) in [6.45, 7) is 4.91. The second-order valence-corrected chi connectivity index (χ2v) is 8.91. The van der Waals surface area contributed by atoms with Crippen molar-refractivity contribution in [3.05, 3.63) is 52.7 Å². The molecule has 2 saturated heterocycles. The summed E-state index contributed by atoms with van der Waals surface area (Å²) < 4.78 is 5.29. The summed E-state index contributed by atoms with van der Waals surface area (Å²) in [5.41, 5.74) is 3.28. The van der Waals surface area contributed by atoms with Crippen LogP contribution in [0.3, 0.4) is 0 Å². The summed E-state index contributed by atoms with van der Waals surface area (Å²) in [5.74, 6) is 6.88. The number of hydrogen-bond donors (Lipinski definition) is 1. The molecular weight excluding hydrogens is 420 g/mol. The Morgan fingerprint density at radius 2 is 2.00 bits per heavy atom. The fourth-order valence-electron chi connectivity index (χ4n) is 4.83. The van der Waals surface area contributed by atoms with Gasteiger partial charge in [0.1, 0.15) is 12.3 Å². The number of carbonyl (C=O) groups is 3. The van der Waals surface area contributed by atoms with Gasteiger partial charge in [0.05, 0.1) is 5.69 Å². The SMILES string of the molecule is Cc1nc(CN2CCC(C#Cc3cccc4c3CN(C3CCC(=O)NC3=O)C4=O)CC2)co1. The fraction of sp³-hybridized carbons (Fsp3) is 0.440. The van der Waals surface area contributed by atoms with Crippen LogP contribution in [0, 0.1) is 24.7 Å². The Morgan fingerprint density at radius 3 is 2.73 bits per heavy atom. The van der Waals surface area contributed by atoms with Crippen molar-refractivity contribution in [3.63, 3.8) is 0 Å². The van der Waals surface area contributed by atoms with E-state index in [9.17, 15) is 14.4 Å². The van der Waals surface area contributed by atoms with Crippen LogP contribution >= 0.6 is 0 Å². The minimum atomic E-state index is -0.610. The van der Waals surface area contributed by atoms with Crippen LogP contribution in [0.4, 0.5) is 0 Å². The van der Waals surface area contributed by atoms with Gasteiger partial charge in [0.25, 0.3) is 5.91 Å². The van der Waals surface area contributed by atoms with E-state index in [1.165, 1.54) is 0 Å². The average Bonchev–Trinajstić information content (AvgIpc) is 3.36. The monoisotopic (exact) mass is 446 g/mol. The number of aromatic nitrogens is 1. The highest BCUT2D eigenvalue weighted by molar-refractivity contribution is 6.05. The molecule has 8 heteroatoms. The third-order valence-electron chi connectivity index (χ3n) is 6.63. The number of hydrogen-bond acceptors (Lipinski definition) is 6. The molecule has 1 atom stereocenters. The zero-order valence-corrected chi connectivity index (χ0v) is 18.6. The first kappa shape index (κ1) is 21.4. The van der Waals surface area contributed by atoms with E-state index in [2.05, 4.69) is 27.0 Å². The molecule has 3 aliphatic heterocycles. The largest absolute Gasteiger partial charge is 0.449 e. The number of imide groups is 1. The first-order valence-corrected chi connectivity index (χ1v) is 11.4. The second-order valence-electron chi connectivity index (χ2n) is 8.91. The van der Waals surface area contributed by atoms with Gasteiger partial charge in [-0.25, -0.2) is 4.98 Å². The van der Waals surface area contributed by atoms with E-state index in [0.29, 0.717) is 30.3 Å². The quantitative estimate of drug-likeness (QED) is 0.573. The van der Waals surface area contributed by atoms with Gasteiger partial charge in [0.15, 0.2) is 5.89 Å². The Morgan fingerprint density at radius 1 is 1.18 bits per heavy atom. The lowest BCUT2D eigenvalue weighted by Crippen LogP contribution is -2.52. The molecule has 3 aliphatic rings. The number of piperidine rings is 2. The zero-order valence-electron chi connectivity index (χ0n) is 18.6. The van der Waals surface area contributed by atoms with Gasteiger partial charge in [-0.15, -0.1) is 0 Å². The van der Waals surface area contributed by atoms with Gasteiger partial charge in [0, 0.05) is 43.5 Å². The molecule has 0 spiro atoms. The molecule has 0 saturated carbocycles. The van der Waals surface area contributed by atoms with Crippen molar-refractivity contribution in [1.29, 1.82) is 0 Å². The van der Waals surface area contributed by atoms with E-state index in [-0.39, 0.29) is 18.2 Å². The molecule has 170 valence electrons. The summed E-state index contributed by atoms with van der Waals surface area (Å²) in [5, 5.41) is 2.34. The predicted octanol–water partition coefficient (Wildman–Crippen LogP) is 2.01. The number of oxazole rings is 1. The molecule has 1 aromatic carbocycles.